The average molecular weight is 215 g/mol. The third-order valence-electron chi connectivity index (χ3n) is 3.04. The number of benzene rings is 1. The largest absolute Gasteiger partial charge is 0.339 e. The molecule has 1 aliphatic rings. The molecule has 1 aliphatic heterocycles. The topological polar surface area (TPSA) is 20.3 Å². The zero-order valence-corrected chi connectivity index (χ0v) is 9.86. The molecular weight excluding hydrogens is 198 g/mol. The fourth-order valence-electron chi connectivity index (χ4n) is 2.06. The first-order valence-electron chi connectivity index (χ1n) is 5.68. The SMILES string of the molecule is CC(=O)N1CC=C(c2cccc(C)c2)CC1. The van der Waals surface area contributed by atoms with Crippen molar-refractivity contribution in [1.82, 2.24) is 4.90 Å². The average Bonchev–Trinajstić information content (AvgIpc) is 2.29. The van der Waals surface area contributed by atoms with Crippen LogP contribution < -0.4 is 0 Å². The molecule has 16 heavy (non-hydrogen) atoms. The van der Waals surface area contributed by atoms with E-state index in [0.29, 0.717) is 0 Å². The van der Waals surface area contributed by atoms with Gasteiger partial charge in [0.2, 0.25) is 5.91 Å². The van der Waals surface area contributed by atoms with Crippen LogP contribution in [-0.2, 0) is 4.79 Å². The van der Waals surface area contributed by atoms with Crippen molar-refractivity contribution in [2.24, 2.45) is 0 Å². The van der Waals surface area contributed by atoms with E-state index in [4.69, 9.17) is 0 Å². The van der Waals surface area contributed by atoms with Crippen molar-refractivity contribution in [2.45, 2.75) is 20.3 Å². The number of amides is 1. The Bertz CT molecular complexity index is 434. The summed E-state index contributed by atoms with van der Waals surface area (Å²) in [7, 11) is 0. The number of carbonyl (C=O) groups is 1. The van der Waals surface area contributed by atoms with E-state index in [0.717, 1.165) is 19.5 Å². The van der Waals surface area contributed by atoms with Gasteiger partial charge in [0, 0.05) is 20.0 Å². The summed E-state index contributed by atoms with van der Waals surface area (Å²) in [6.07, 6.45) is 3.13. The van der Waals surface area contributed by atoms with Crippen LogP contribution in [-0.4, -0.2) is 23.9 Å². The summed E-state index contributed by atoms with van der Waals surface area (Å²) in [5.41, 5.74) is 3.94. The Balaban J connectivity index is 2.16. The first-order valence-corrected chi connectivity index (χ1v) is 5.68. The van der Waals surface area contributed by atoms with Gasteiger partial charge in [-0.25, -0.2) is 0 Å². The van der Waals surface area contributed by atoms with Gasteiger partial charge in [-0.05, 0) is 24.5 Å². The van der Waals surface area contributed by atoms with Crippen molar-refractivity contribution in [1.29, 1.82) is 0 Å². The van der Waals surface area contributed by atoms with Crippen LogP contribution in [0.4, 0.5) is 0 Å². The van der Waals surface area contributed by atoms with E-state index in [1.165, 1.54) is 16.7 Å². The van der Waals surface area contributed by atoms with Gasteiger partial charge in [0.1, 0.15) is 0 Å². The molecule has 0 aromatic heterocycles. The molecule has 1 aromatic rings. The highest BCUT2D eigenvalue weighted by Gasteiger charge is 2.14. The van der Waals surface area contributed by atoms with Crippen LogP contribution in [0.2, 0.25) is 0 Å². The Morgan fingerprint density at radius 2 is 2.19 bits per heavy atom. The highest BCUT2D eigenvalue weighted by Crippen LogP contribution is 2.22. The molecule has 0 aliphatic carbocycles. The van der Waals surface area contributed by atoms with Crippen molar-refractivity contribution in [2.75, 3.05) is 13.1 Å². The lowest BCUT2D eigenvalue weighted by Crippen LogP contribution is -2.32. The van der Waals surface area contributed by atoms with Crippen LogP contribution in [0.25, 0.3) is 5.57 Å². The molecule has 0 unspecified atom stereocenters. The Labute approximate surface area is 96.6 Å². The molecule has 1 amide bonds. The normalized spacial score (nSPS) is 15.9. The smallest absolute Gasteiger partial charge is 0.219 e. The molecule has 1 heterocycles. The lowest BCUT2D eigenvalue weighted by Gasteiger charge is -2.25. The maximum atomic E-state index is 11.2. The molecule has 0 radical (unpaired) electrons. The van der Waals surface area contributed by atoms with E-state index < -0.39 is 0 Å². The van der Waals surface area contributed by atoms with Gasteiger partial charge in [-0.1, -0.05) is 35.9 Å². The maximum absolute atomic E-state index is 11.2. The first-order chi connectivity index (χ1) is 7.66. The second-order valence-corrected chi connectivity index (χ2v) is 4.31. The van der Waals surface area contributed by atoms with Gasteiger partial charge in [-0.3, -0.25) is 4.79 Å². The number of aryl methyl sites for hydroxylation is 1. The summed E-state index contributed by atoms with van der Waals surface area (Å²) in [6, 6.07) is 8.54. The van der Waals surface area contributed by atoms with E-state index in [9.17, 15) is 4.79 Å². The molecule has 0 bridgehead atoms. The molecule has 2 heteroatoms. The third kappa shape index (κ3) is 2.32. The highest BCUT2D eigenvalue weighted by molar-refractivity contribution is 5.76. The van der Waals surface area contributed by atoms with Gasteiger partial charge in [0.15, 0.2) is 0 Å². The molecule has 0 spiro atoms. The molecular formula is C14H17NO. The van der Waals surface area contributed by atoms with Gasteiger partial charge in [-0.15, -0.1) is 0 Å². The van der Waals surface area contributed by atoms with Gasteiger partial charge < -0.3 is 4.90 Å². The van der Waals surface area contributed by atoms with Crippen molar-refractivity contribution in [3.05, 3.63) is 41.5 Å². The zero-order chi connectivity index (χ0) is 11.5. The Morgan fingerprint density at radius 3 is 2.75 bits per heavy atom. The van der Waals surface area contributed by atoms with Crippen LogP contribution in [0.3, 0.4) is 0 Å². The summed E-state index contributed by atoms with van der Waals surface area (Å²) < 4.78 is 0. The van der Waals surface area contributed by atoms with Crippen LogP contribution in [0.15, 0.2) is 30.3 Å². The number of carbonyl (C=O) groups excluding carboxylic acids is 1. The summed E-state index contributed by atoms with van der Waals surface area (Å²) >= 11 is 0. The second-order valence-electron chi connectivity index (χ2n) is 4.31. The van der Waals surface area contributed by atoms with E-state index >= 15 is 0 Å². The number of rotatable bonds is 1. The van der Waals surface area contributed by atoms with E-state index in [2.05, 4.69) is 37.3 Å². The van der Waals surface area contributed by atoms with Crippen LogP contribution >= 0.6 is 0 Å². The lowest BCUT2D eigenvalue weighted by atomic mass is 9.98. The van der Waals surface area contributed by atoms with Crippen LogP contribution in [0, 0.1) is 6.92 Å². The highest BCUT2D eigenvalue weighted by atomic mass is 16.2. The summed E-state index contributed by atoms with van der Waals surface area (Å²) in [6.45, 7) is 5.33. The Morgan fingerprint density at radius 1 is 1.38 bits per heavy atom. The molecule has 0 N–H and O–H groups in total. The lowest BCUT2D eigenvalue weighted by molar-refractivity contribution is -0.128. The standard InChI is InChI=1S/C14H17NO/c1-11-4-3-5-14(10-11)13-6-8-15(9-7-13)12(2)16/h3-6,10H,7-9H2,1-2H3. The molecule has 2 nitrogen and oxygen atoms in total. The van der Waals surface area contributed by atoms with Gasteiger partial charge in [-0.2, -0.15) is 0 Å². The van der Waals surface area contributed by atoms with Crippen LogP contribution in [0.1, 0.15) is 24.5 Å². The predicted octanol–water partition coefficient (Wildman–Crippen LogP) is 2.63. The van der Waals surface area contributed by atoms with Gasteiger partial charge in [0.05, 0.1) is 0 Å². The fraction of sp³-hybridized carbons (Fsp3) is 0.357. The van der Waals surface area contributed by atoms with Gasteiger partial charge in [0.25, 0.3) is 0 Å². The molecule has 0 saturated carbocycles. The van der Waals surface area contributed by atoms with Crippen molar-refractivity contribution in [3.8, 4) is 0 Å². The van der Waals surface area contributed by atoms with Crippen molar-refractivity contribution < 1.29 is 4.79 Å². The van der Waals surface area contributed by atoms with Crippen molar-refractivity contribution >= 4 is 11.5 Å². The van der Waals surface area contributed by atoms with E-state index in [1.54, 1.807) is 6.92 Å². The monoisotopic (exact) mass is 215 g/mol. The third-order valence-corrected chi connectivity index (χ3v) is 3.04. The Kier molecular flexibility index (Phi) is 3.09. The fourth-order valence-corrected chi connectivity index (χ4v) is 2.06. The number of nitrogens with zero attached hydrogens (tertiary/aromatic N) is 1. The number of hydrogen-bond donors (Lipinski definition) is 0. The summed E-state index contributed by atoms with van der Waals surface area (Å²) in [5, 5.41) is 0. The quantitative estimate of drug-likeness (QED) is 0.705. The minimum absolute atomic E-state index is 0.166. The minimum Gasteiger partial charge on any atom is -0.339 e. The van der Waals surface area contributed by atoms with Crippen LogP contribution in [0.5, 0.6) is 0 Å². The van der Waals surface area contributed by atoms with Crippen molar-refractivity contribution in [3.63, 3.8) is 0 Å². The molecule has 84 valence electrons. The molecule has 0 saturated heterocycles. The zero-order valence-electron chi connectivity index (χ0n) is 9.86. The van der Waals surface area contributed by atoms with E-state index in [-0.39, 0.29) is 5.91 Å². The molecule has 2 rings (SSSR count). The summed E-state index contributed by atoms with van der Waals surface area (Å²) in [4.78, 5) is 13.1. The second kappa shape index (κ2) is 4.52. The van der Waals surface area contributed by atoms with E-state index in [1.807, 2.05) is 4.90 Å². The Hall–Kier alpha value is -1.57. The first kappa shape index (κ1) is 10.9. The minimum atomic E-state index is 0.166. The predicted molar refractivity (Wildman–Crippen MR) is 66.0 cm³/mol. The summed E-state index contributed by atoms with van der Waals surface area (Å²) in [5.74, 6) is 0.166. The maximum Gasteiger partial charge on any atom is 0.219 e. The molecule has 0 atom stereocenters. The number of hydrogen-bond acceptors (Lipinski definition) is 1. The molecule has 1 aromatic carbocycles. The van der Waals surface area contributed by atoms with Gasteiger partial charge >= 0.3 is 0 Å². The molecule has 0 fully saturated rings.